The van der Waals surface area contributed by atoms with Gasteiger partial charge in [0.15, 0.2) is 0 Å². The molecule has 0 amide bonds. The summed E-state index contributed by atoms with van der Waals surface area (Å²) in [5, 5.41) is 18.3. The van der Waals surface area contributed by atoms with E-state index in [1.165, 1.54) is 0 Å². The summed E-state index contributed by atoms with van der Waals surface area (Å²) in [6.45, 7) is 1.69. The van der Waals surface area contributed by atoms with Crippen LogP contribution in [-0.2, 0) is 0 Å². The first-order valence-corrected chi connectivity index (χ1v) is 7.64. The lowest BCUT2D eigenvalue weighted by atomic mass is 10.1. The van der Waals surface area contributed by atoms with Crippen LogP contribution in [0.4, 0.5) is 5.82 Å². The van der Waals surface area contributed by atoms with Crippen LogP contribution in [0.5, 0.6) is 0 Å². The number of rotatable bonds is 2. The predicted octanol–water partition coefficient (Wildman–Crippen LogP) is 2.59. The van der Waals surface area contributed by atoms with Gasteiger partial charge in [0.05, 0.1) is 11.6 Å². The van der Waals surface area contributed by atoms with Gasteiger partial charge in [0, 0.05) is 30.2 Å². The molecule has 3 heterocycles. The molecule has 0 radical (unpaired) electrons. The molecular formula is C17H18N4O. The van der Waals surface area contributed by atoms with Crippen molar-refractivity contribution in [2.24, 2.45) is 0 Å². The minimum atomic E-state index is -0.172. The quantitative estimate of drug-likeness (QED) is 0.762. The van der Waals surface area contributed by atoms with E-state index in [4.69, 9.17) is 0 Å². The molecule has 0 atom stereocenters. The molecule has 2 aromatic heterocycles. The first-order valence-electron chi connectivity index (χ1n) is 7.64. The van der Waals surface area contributed by atoms with E-state index in [0.717, 1.165) is 53.9 Å². The lowest BCUT2D eigenvalue weighted by Crippen LogP contribution is -2.36. The minimum absolute atomic E-state index is 0.172. The summed E-state index contributed by atoms with van der Waals surface area (Å²) in [6, 6.07) is 12.2. The zero-order chi connectivity index (χ0) is 14.9. The van der Waals surface area contributed by atoms with Gasteiger partial charge in [0.2, 0.25) is 0 Å². The van der Waals surface area contributed by atoms with Crippen LogP contribution in [0.2, 0.25) is 0 Å². The zero-order valence-corrected chi connectivity index (χ0v) is 12.2. The second-order valence-electron chi connectivity index (χ2n) is 5.74. The molecule has 3 aromatic rings. The molecule has 1 fully saturated rings. The van der Waals surface area contributed by atoms with Gasteiger partial charge in [-0.25, -0.2) is 4.98 Å². The molecule has 1 saturated heterocycles. The highest BCUT2D eigenvalue weighted by Gasteiger charge is 2.18. The van der Waals surface area contributed by atoms with E-state index in [1.807, 2.05) is 30.5 Å². The molecule has 0 bridgehead atoms. The average molecular weight is 294 g/mol. The number of anilines is 1. The summed E-state index contributed by atoms with van der Waals surface area (Å²) in [6.07, 6.45) is 3.27. The zero-order valence-electron chi connectivity index (χ0n) is 12.2. The fourth-order valence-corrected chi connectivity index (χ4v) is 3.02. The molecule has 1 aromatic carbocycles. The number of fused-ring (bicyclic) bond motifs is 1. The molecule has 112 valence electrons. The van der Waals surface area contributed by atoms with E-state index in [-0.39, 0.29) is 6.10 Å². The van der Waals surface area contributed by atoms with Crippen molar-refractivity contribution in [2.45, 2.75) is 18.9 Å². The summed E-state index contributed by atoms with van der Waals surface area (Å²) in [5.74, 6) is 0.955. The summed E-state index contributed by atoms with van der Waals surface area (Å²) >= 11 is 0. The topological polar surface area (TPSA) is 65.0 Å². The number of pyridine rings is 1. The maximum atomic E-state index is 9.64. The Morgan fingerprint density at radius 2 is 1.95 bits per heavy atom. The molecule has 22 heavy (non-hydrogen) atoms. The molecule has 0 aliphatic carbocycles. The predicted molar refractivity (Wildman–Crippen MR) is 86.8 cm³/mol. The van der Waals surface area contributed by atoms with Crippen LogP contribution in [-0.4, -0.2) is 39.5 Å². The summed E-state index contributed by atoms with van der Waals surface area (Å²) in [7, 11) is 0. The number of piperidine rings is 1. The number of H-pyrrole nitrogens is 1. The number of benzene rings is 1. The minimum Gasteiger partial charge on any atom is -0.393 e. The molecule has 0 unspecified atom stereocenters. The maximum absolute atomic E-state index is 9.64. The van der Waals surface area contributed by atoms with Crippen LogP contribution < -0.4 is 4.90 Å². The summed E-state index contributed by atoms with van der Waals surface area (Å²) in [5.41, 5.74) is 3.06. The lowest BCUT2D eigenvalue weighted by Gasteiger charge is -2.30. The van der Waals surface area contributed by atoms with E-state index in [0.29, 0.717) is 0 Å². The standard InChI is InChI=1S/C17H18N4O/c22-13-6-9-21(10-7-13)16-11-12(5-8-18-16)17-14-3-1-2-4-15(14)19-20-17/h1-5,8,11,13,22H,6-7,9-10H2,(H,19,20). The highest BCUT2D eigenvalue weighted by Crippen LogP contribution is 2.28. The van der Waals surface area contributed by atoms with Crippen LogP contribution in [0.15, 0.2) is 42.6 Å². The molecule has 1 aliphatic heterocycles. The highest BCUT2D eigenvalue weighted by molar-refractivity contribution is 5.93. The number of aliphatic hydroxyl groups excluding tert-OH is 1. The van der Waals surface area contributed by atoms with E-state index in [9.17, 15) is 5.11 Å². The number of hydrogen-bond donors (Lipinski definition) is 2. The second-order valence-corrected chi connectivity index (χ2v) is 5.74. The van der Waals surface area contributed by atoms with Gasteiger partial charge in [-0.3, -0.25) is 5.10 Å². The molecule has 5 heteroatoms. The van der Waals surface area contributed by atoms with Crippen molar-refractivity contribution < 1.29 is 5.11 Å². The van der Waals surface area contributed by atoms with E-state index in [1.54, 1.807) is 0 Å². The Balaban J connectivity index is 1.70. The van der Waals surface area contributed by atoms with Gasteiger partial charge >= 0.3 is 0 Å². The molecule has 5 nitrogen and oxygen atoms in total. The third kappa shape index (κ3) is 2.33. The number of aliphatic hydroxyl groups is 1. The third-order valence-corrected chi connectivity index (χ3v) is 4.28. The highest BCUT2D eigenvalue weighted by atomic mass is 16.3. The maximum Gasteiger partial charge on any atom is 0.129 e. The lowest BCUT2D eigenvalue weighted by molar-refractivity contribution is 0.145. The Kier molecular flexibility index (Phi) is 3.27. The van der Waals surface area contributed by atoms with Gasteiger partial charge in [0.1, 0.15) is 11.5 Å². The van der Waals surface area contributed by atoms with Gasteiger partial charge in [-0.1, -0.05) is 18.2 Å². The molecule has 2 N–H and O–H groups in total. The van der Waals surface area contributed by atoms with Crippen molar-refractivity contribution in [1.82, 2.24) is 15.2 Å². The Hall–Kier alpha value is -2.40. The Morgan fingerprint density at radius 3 is 2.82 bits per heavy atom. The van der Waals surface area contributed by atoms with Crippen LogP contribution in [0, 0.1) is 0 Å². The fourth-order valence-electron chi connectivity index (χ4n) is 3.02. The molecule has 1 aliphatic rings. The van der Waals surface area contributed by atoms with Crippen molar-refractivity contribution in [3.8, 4) is 11.3 Å². The summed E-state index contributed by atoms with van der Waals surface area (Å²) < 4.78 is 0. The molecule has 0 spiro atoms. The van der Waals surface area contributed by atoms with Gasteiger partial charge in [-0.2, -0.15) is 5.10 Å². The fraction of sp³-hybridized carbons (Fsp3) is 0.294. The van der Waals surface area contributed by atoms with Crippen molar-refractivity contribution in [2.75, 3.05) is 18.0 Å². The number of nitrogens with one attached hydrogen (secondary N) is 1. The van der Waals surface area contributed by atoms with Crippen molar-refractivity contribution in [3.05, 3.63) is 42.6 Å². The van der Waals surface area contributed by atoms with Crippen LogP contribution in [0.3, 0.4) is 0 Å². The van der Waals surface area contributed by atoms with Crippen molar-refractivity contribution >= 4 is 16.7 Å². The number of aromatic nitrogens is 3. The Morgan fingerprint density at radius 1 is 1.14 bits per heavy atom. The monoisotopic (exact) mass is 294 g/mol. The first kappa shape index (κ1) is 13.3. The van der Waals surface area contributed by atoms with Crippen LogP contribution in [0.1, 0.15) is 12.8 Å². The van der Waals surface area contributed by atoms with Gasteiger partial charge in [-0.05, 0) is 31.0 Å². The van der Waals surface area contributed by atoms with Gasteiger partial charge in [-0.15, -0.1) is 0 Å². The normalized spacial score (nSPS) is 16.3. The second kappa shape index (κ2) is 5.42. The van der Waals surface area contributed by atoms with Gasteiger partial charge < -0.3 is 10.0 Å². The van der Waals surface area contributed by atoms with Gasteiger partial charge in [0.25, 0.3) is 0 Å². The van der Waals surface area contributed by atoms with Crippen LogP contribution >= 0.6 is 0 Å². The number of aromatic amines is 1. The number of hydrogen-bond acceptors (Lipinski definition) is 4. The Bertz CT molecular complexity index is 790. The van der Waals surface area contributed by atoms with E-state index >= 15 is 0 Å². The van der Waals surface area contributed by atoms with Crippen molar-refractivity contribution in [1.29, 1.82) is 0 Å². The number of nitrogens with zero attached hydrogens (tertiary/aromatic N) is 3. The van der Waals surface area contributed by atoms with Crippen LogP contribution in [0.25, 0.3) is 22.2 Å². The first-order chi connectivity index (χ1) is 10.8. The Labute approximate surface area is 128 Å². The number of para-hydroxylation sites is 1. The van der Waals surface area contributed by atoms with Crippen molar-refractivity contribution in [3.63, 3.8) is 0 Å². The molecular weight excluding hydrogens is 276 g/mol. The van der Waals surface area contributed by atoms with E-state index < -0.39 is 0 Å². The average Bonchev–Trinajstić information content (AvgIpc) is 3.00. The SMILES string of the molecule is OC1CCN(c2cc(-c3n[nH]c4ccccc34)ccn2)CC1. The smallest absolute Gasteiger partial charge is 0.129 e. The molecule has 4 rings (SSSR count). The largest absolute Gasteiger partial charge is 0.393 e. The summed E-state index contributed by atoms with van der Waals surface area (Å²) in [4.78, 5) is 6.71. The molecule has 0 saturated carbocycles. The van der Waals surface area contributed by atoms with E-state index in [2.05, 4.69) is 32.2 Å². The third-order valence-electron chi connectivity index (χ3n) is 4.28.